The summed E-state index contributed by atoms with van der Waals surface area (Å²) in [4.78, 5) is 12.8. The molecule has 1 amide bonds. The number of nitrogens with zero attached hydrogens (tertiary/aromatic N) is 3. The molecule has 1 saturated heterocycles. The van der Waals surface area contributed by atoms with Gasteiger partial charge in [-0.05, 0) is 35.1 Å². The Labute approximate surface area is 184 Å². The average molecular weight is 446 g/mol. The Morgan fingerprint density at radius 3 is 2.90 bits per heavy atom. The second-order valence-electron chi connectivity index (χ2n) is 7.16. The first kappa shape index (κ1) is 20.9. The van der Waals surface area contributed by atoms with Gasteiger partial charge in [0, 0.05) is 36.7 Å². The maximum Gasteiger partial charge on any atom is 0.251 e. The van der Waals surface area contributed by atoms with E-state index < -0.39 is 0 Å². The Morgan fingerprint density at radius 2 is 2.10 bits per heavy atom. The monoisotopic (exact) mass is 445 g/mol. The number of benzene rings is 2. The number of rotatable bonds is 5. The molecule has 2 N–H and O–H groups in total. The summed E-state index contributed by atoms with van der Waals surface area (Å²) in [6.45, 7) is 2.93. The van der Waals surface area contributed by atoms with Crippen LogP contribution in [0.15, 0.2) is 57.9 Å². The fourth-order valence-corrected chi connectivity index (χ4v) is 3.86. The van der Waals surface area contributed by atoms with Gasteiger partial charge in [-0.3, -0.25) is 4.79 Å². The van der Waals surface area contributed by atoms with Crippen molar-refractivity contribution >= 4 is 34.8 Å². The van der Waals surface area contributed by atoms with Crippen LogP contribution in [0.25, 0.3) is 0 Å². The Balaban J connectivity index is 1.46. The van der Waals surface area contributed by atoms with Gasteiger partial charge in [0.05, 0.1) is 28.5 Å². The highest BCUT2D eigenvalue weighted by Gasteiger charge is 2.27. The van der Waals surface area contributed by atoms with Gasteiger partial charge in [-0.1, -0.05) is 41.4 Å². The van der Waals surface area contributed by atoms with E-state index in [1.807, 2.05) is 30.3 Å². The number of carbonyl (C=O) groups excluding carboxylic acids is 1. The molecule has 2 aromatic rings. The minimum absolute atomic E-state index is 0.0358. The lowest BCUT2D eigenvalue weighted by molar-refractivity contribution is 0.0306. The molecule has 0 radical (unpaired) electrons. The third-order valence-electron chi connectivity index (χ3n) is 5.12. The van der Waals surface area contributed by atoms with Gasteiger partial charge in [-0.15, -0.1) is 5.10 Å². The van der Waals surface area contributed by atoms with Crippen LogP contribution in [0.3, 0.4) is 0 Å². The van der Waals surface area contributed by atoms with E-state index in [9.17, 15) is 4.79 Å². The van der Waals surface area contributed by atoms with Crippen LogP contribution in [0, 0.1) is 5.92 Å². The zero-order valence-corrected chi connectivity index (χ0v) is 17.7. The fourth-order valence-electron chi connectivity index (χ4n) is 3.56. The molecule has 0 spiro atoms. The number of amides is 1. The zero-order chi connectivity index (χ0) is 20.9. The summed E-state index contributed by atoms with van der Waals surface area (Å²) in [7, 11) is 0. The van der Waals surface area contributed by atoms with Crippen LogP contribution in [0.4, 0.5) is 0 Å². The van der Waals surface area contributed by atoms with Crippen molar-refractivity contribution in [2.45, 2.75) is 6.10 Å². The zero-order valence-electron chi connectivity index (χ0n) is 16.1. The molecule has 156 valence electrons. The number of hydrogen-bond donors (Lipinski definition) is 2. The summed E-state index contributed by atoms with van der Waals surface area (Å²) in [5.41, 5.74) is 3.11. The number of carbonyl (C=O) groups is 1. The number of nitrogens with one attached hydrogen (secondary N) is 2. The predicted octanol–water partition coefficient (Wildman–Crippen LogP) is 3.87. The molecular formula is C21H21Cl2N5O2. The Morgan fingerprint density at radius 1 is 1.20 bits per heavy atom. The van der Waals surface area contributed by atoms with Crippen molar-refractivity contribution in [2.75, 3.05) is 32.8 Å². The van der Waals surface area contributed by atoms with E-state index in [1.54, 1.807) is 12.1 Å². The van der Waals surface area contributed by atoms with Crippen LogP contribution in [0.1, 0.15) is 27.6 Å². The molecule has 2 aromatic carbocycles. The summed E-state index contributed by atoms with van der Waals surface area (Å²) in [6.07, 6.45) is -0.197. The SMILES string of the molecule is O=C(NC[C@@H]1CNCCO[C@H]1c1ccc(Cl)c(Cl)c1)c1cccc(C2=NN=NC2)c1. The van der Waals surface area contributed by atoms with Gasteiger partial charge in [0.2, 0.25) is 0 Å². The fraction of sp³-hybridized carbons (Fsp3) is 0.333. The molecule has 0 aliphatic carbocycles. The number of ether oxygens (including phenoxy) is 1. The summed E-state index contributed by atoms with van der Waals surface area (Å²) < 4.78 is 6.07. The van der Waals surface area contributed by atoms with E-state index >= 15 is 0 Å². The maximum atomic E-state index is 12.8. The summed E-state index contributed by atoms with van der Waals surface area (Å²) in [5.74, 6) is -0.116. The molecule has 30 heavy (non-hydrogen) atoms. The maximum absolute atomic E-state index is 12.8. The standard InChI is InChI=1S/C21H21Cl2N5O2/c22-17-5-4-14(9-18(17)23)20-16(10-24-6-7-30-20)11-25-21(29)15-3-1-2-13(8-15)19-12-26-28-27-19/h1-5,8-9,16,20,24H,6-7,10-12H2,(H,25,29)/t16-,20-/m0/s1. The van der Waals surface area contributed by atoms with Crippen molar-refractivity contribution in [1.29, 1.82) is 0 Å². The molecule has 0 bridgehead atoms. The van der Waals surface area contributed by atoms with Crippen LogP contribution in [0.2, 0.25) is 10.0 Å². The highest BCUT2D eigenvalue weighted by Crippen LogP contribution is 2.32. The average Bonchev–Trinajstić information content (AvgIpc) is 3.20. The van der Waals surface area contributed by atoms with Crippen LogP contribution < -0.4 is 10.6 Å². The van der Waals surface area contributed by atoms with E-state index in [2.05, 4.69) is 26.1 Å². The molecule has 1 fully saturated rings. The molecule has 2 heterocycles. The first-order valence-corrected chi connectivity index (χ1v) is 10.5. The second-order valence-corrected chi connectivity index (χ2v) is 7.97. The molecule has 9 heteroatoms. The van der Waals surface area contributed by atoms with Crippen molar-refractivity contribution in [2.24, 2.45) is 21.4 Å². The lowest BCUT2D eigenvalue weighted by Gasteiger charge is -2.25. The Hall–Kier alpha value is -2.32. The first-order chi connectivity index (χ1) is 14.6. The molecule has 2 aliphatic heterocycles. The number of halogens is 2. The predicted molar refractivity (Wildman–Crippen MR) is 117 cm³/mol. The van der Waals surface area contributed by atoms with Crippen molar-refractivity contribution in [3.05, 3.63) is 69.2 Å². The molecule has 4 rings (SSSR count). The minimum Gasteiger partial charge on any atom is -0.372 e. The molecular weight excluding hydrogens is 425 g/mol. The molecule has 7 nitrogen and oxygen atoms in total. The van der Waals surface area contributed by atoms with Gasteiger partial charge in [0.1, 0.15) is 6.54 Å². The molecule has 2 atom stereocenters. The van der Waals surface area contributed by atoms with E-state index in [0.717, 1.165) is 23.4 Å². The van der Waals surface area contributed by atoms with Crippen LogP contribution in [0.5, 0.6) is 0 Å². The topological polar surface area (TPSA) is 87.4 Å². The van der Waals surface area contributed by atoms with Gasteiger partial charge >= 0.3 is 0 Å². The van der Waals surface area contributed by atoms with Gasteiger partial charge in [0.15, 0.2) is 0 Å². The van der Waals surface area contributed by atoms with Crippen molar-refractivity contribution < 1.29 is 9.53 Å². The first-order valence-electron chi connectivity index (χ1n) is 9.71. The molecule has 0 unspecified atom stereocenters. The smallest absolute Gasteiger partial charge is 0.251 e. The van der Waals surface area contributed by atoms with Crippen LogP contribution in [-0.4, -0.2) is 44.4 Å². The highest BCUT2D eigenvalue weighted by atomic mass is 35.5. The second kappa shape index (κ2) is 9.66. The lowest BCUT2D eigenvalue weighted by atomic mass is 9.95. The van der Waals surface area contributed by atoms with E-state index in [-0.39, 0.29) is 17.9 Å². The quantitative estimate of drug-likeness (QED) is 0.731. The summed E-state index contributed by atoms with van der Waals surface area (Å²) >= 11 is 12.3. The normalized spacial score (nSPS) is 21.2. The lowest BCUT2D eigenvalue weighted by Crippen LogP contribution is -2.36. The van der Waals surface area contributed by atoms with Crippen molar-refractivity contribution in [1.82, 2.24) is 10.6 Å². The van der Waals surface area contributed by atoms with Gasteiger partial charge in [-0.25, -0.2) is 0 Å². The Bertz CT molecular complexity index is 995. The van der Waals surface area contributed by atoms with Crippen LogP contribution in [-0.2, 0) is 4.74 Å². The summed E-state index contributed by atoms with van der Waals surface area (Å²) in [6, 6.07) is 12.8. The highest BCUT2D eigenvalue weighted by molar-refractivity contribution is 6.42. The van der Waals surface area contributed by atoms with E-state index in [0.29, 0.717) is 41.8 Å². The third-order valence-corrected chi connectivity index (χ3v) is 5.85. The van der Waals surface area contributed by atoms with E-state index in [4.69, 9.17) is 27.9 Å². The van der Waals surface area contributed by atoms with E-state index in [1.165, 1.54) is 0 Å². The summed E-state index contributed by atoms with van der Waals surface area (Å²) in [5, 5.41) is 18.9. The van der Waals surface area contributed by atoms with Gasteiger partial charge < -0.3 is 15.4 Å². The third kappa shape index (κ3) is 4.87. The van der Waals surface area contributed by atoms with Gasteiger partial charge in [0.25, 0.3) is 5.91 Å². The molecule has 0 aromatic heterocycles. The molecule has 0 saturated carbocycles. The Kier molecular flexibility index (Phi) is 6.74. The largest absolute Gasteiger partial charge is 0.372 e. The minimum atomic E-state index is -0.197. The molecule has 2 aliphatic rings. The number of hydrogen-bond acceptors (Lipinski definition) is 6. The van der Waals surface area contributed by atoms with Gasteiger partial charge in [-0.2, -0.15) is 5.11 Å². The van der Waals surface area contributed by atoms with Crippen molar-refractivity contribution in [3.8, 4) is 0 Å². The van der Waals surface area contributed by atoms with Crippen LogP contribution >= 0.6 is 23.2 Å². The van der Waals surface area contributed by atoms with Crippen molar-refractivity contribution in [3.63, 3.8) is 0 Å².